The summed E-state index contributed by atoms with van der Waals surface area (Å²) >= 11 is 5.99. The second-order valence-corrected chi connectivity index (χ2v) is 9.73. The quantitative estimate of drug-likeness (QED) is 0.159. The number of urea groups is 1. The Hall–Kier alpha value is -4.51. The average Bonchev–Trinajstić information content (AvgIpc) is 2.94. The van der Waals surface area contributed by atoms with Gasteiger partial charge >= 0.3 is 12.0 Å². The SMILES string of the molecule is CCOC(=O)C1CC(N(C)C(=O)NC(=Nc2ccc(Oc3ncccc3F)cc2)N(C=O)Cc2ccc(Cl)cc2)C1. The molecule has 1 aliphatic carbocycles. The molecule has 1 aliphatic rings. The Morgan fingerprint density at radius 2 is 1.85 bits per heavy atom. The minimum absolute atomic E-state index is 0.0162. The zero-order chi connectivity index (χ0) is 29.4. The Morgan fingerprint density at radius 1 is 1.15 bits per heavy atom. The van der Waals surface area contributed by atoms with Crippen LogP contribution in [0.3, 0.4) is 0 Å². The number of amides is 3. The van der Waals surface area contributed by atoms with Crippen molar-refractivity contribution in [3.05, 3.63) is 83.3 Å². The Bertz CT molecular complexity index is 1400. The lowest BCUT2D eigenvalue weighted by molar-refractivity contribution is -0.152. The number of halogens is 2. The summed E-state index contributed by atoms with van der Waals surface area (Å²) in [6.07, 6.45) is 2.94. The van der Waals surface area contributed by atoms with Crippen LogP contribution in [0.5, 0.6) is 11.6 Å². The monoisotopic (exact) mass is 581 g/mol. The highest BCUT2D eigenvalue weighted by atomic mass is 35.5. The highest BCUT2D eigenvalue weighted by Gasteiger charge is 2.39. The number of rotatable bonds is 9. The van der Waals surface area contributed by atoms with Crippen molar-refractivity contribution in [2.45, 2.75) is 32.4 Å². The van der Waals surface area contributed by atoms with Crippen molar-refractivity contribution < 1.29 is 28.2 Å². The molecule has 1 saturated carbocycles. The van der Waals surface area contributed by atoms with Gasteiger partial charge in [0.1, 0.15) is 5.75 Å². The number of esters is 1. The molecule has 3 amide bonds. The molecular weight excluding hydrogens is 553 g/mol. The predicted octanol–water partition coefficient (Wildman–Crippen LogP) is 5.30. The summed E-state index contributed by atoms with van der Waals surface area (Å²) in [6, 6.07) is 15.3. The summed E-state index contributed by atoms with van der Waals surface area (Å²) in [4.78, 5) is 48.4. The Balaban J connectivity index is 1.52. The fraction of sp³-hybridized carbons (Fsp3) is 0.276. The van der Waals surface area contributed by atoms with Gasteiger partial charge in [0.2, 0.25) is 12.4 Å². The third-order valence-electron chi connectivity index (χ3n) is 6.50. The number of aromatic nitrogens is 1. The number of nitrogens with one attached hydrogen (secondary N) is 1. The van der Waals surface area contributed by atoms with Crippen LogP contribution in [0.4, 0.5) is 14.9 Å². The van der Waals surface area contributed by atoms with E-state index in [1.807, 2.05) is 0 Å². The van der Waals surface area contributed by atoms with Crippen molar-refractivity contribution in [3.63, 3.8) is 0 Å². The van der Waals surface area contributed by atoms with Crippen molar-refractivity contribution >= 4 is 41.7 Å². The molecule has 0 atom stereocenters. The van der Waals surface area contributed by atoms with E-state index in [-0.39, 0.29) is 36.3 Å². The van der Waals surface area contributed by atoms with Crippen molar-refractivity contribution in [3.8, 4) is 11.6 Å². The summed E-state index contributed by atoms with van der Waals surface area (Å²) in [5.41, 5.74) is 1.15. The van der Waals surface area contributed by atoms with E-state index >= 15 is 0 Å². The van der Waals surface area contributed by atoms with Gasteiger partial charge in [-0.2, -0.15) is 0 Å². The van der Waals surface area contributed by atoms with Crippen LogP contribution in [-0.4, -0.2) is 58.9 Å². The molecule has 3 aromatic rings. The van der Waals surface area contributed by atoms with Gasteiger partial charge in [-0.15, -0.1) is 0 Å². The molecule has 0 bridgehead atoms. The molecule has 1 aromatic heterocycles. The third kappa shape index (κ3) is 7.79. The summed E-state index contributed by atoms with van der Waals surface area (Å²) in [7, 11) is 1.62. The number of carbonyl (C=O) groups is 3. The van der Waals surface area contributed by atoms with Crippen LogP contribution in [0.25, 0.3) is 0 Å². The van der Waals surface area contributed by atoms with E-state index in [1.54, 1.807) is 62.5 Å². The summed E-state index contributed by atoms with van der Waals surface area (Å²) in [5, 5.41) is 3.27. The highest BCUT2D eigenvalue weighted by Crippen LogP contribution is 2.32. The standard InChI is InChI=1S/C29H29ClFN5O5/c1-3-40-27(38)20-15-23(16-20)35(2)29(39)34-28(36(18-37)17-19-6-8-21(30)9-7-19)33-22-10-12-24(13-11-22)41-26-25(31)5-4-14-32-26/h4-14,18,20,23H,3,15-17H2,1-2H3,(H,33,34,39). The molecule has 4 rings (SSSR count). The molecule has 0 aliphatic heterocycles. The number of pyridine rings is 1. The fourth-order valence-electron chi connectivity index (χ4n) is 4.09. The lowest BCUT2D eigenvalue weighted by Crippen LogP contribution is -2.54. The molecule has 214 valence electrons. The van der Waals surface area contributed by atoms with E-state index < -0.39 is 11.8 Å². The molecule has 1 N–H and O–H groups in total. The third-order valence-corrected chi connectivity index (χ3v) is 6.75. The van der Waals surface area contributed by atoms with Crippen molar-refractivity contribution in [2.75, 3.05) is 13.7 Å². The van der Waals surface area contributed by atoms with Crippen molar-refractivity contribution in [2.24, 2.45) is 10.9 Å². The van der Waals surface area contributed by atoms with E-state index in [4.69, 9.17) is 21.1 Å². The van der Waals surface area contributed by atoms with E-state index in [9.17, 15) is 18.8 Å². The first-order chi connectivity index (χ1) is 19.8. The molecule has 10 nitrogen and oxygen atoms in total. The molecule has 12 heteroatoms. The van der Waals surface area contributed by atoms with Crippen LogP contribution < -0.4 is 10.1 Å². The van der Waals surface area contributed by atoms with E-state index in [1.165, 1.54) is 28.1 Å². The number of nitrogens with zero attached hydrogens (tertiary/aromatic N) is 4. The molecule has 41 heavy (non-hydrogen) atoms. The lowest BCUT2D eigenvalue weighted by Gasteiger charge is -2.39. The zero-order valence-electron chi connectivity index (χ0n) is 22.5. The Kier molecular flexibility index (Phi) is 9.86. The Morgan fingerprint density at radius 3 is 2.49 bits per heavy atom. The first kappa shape index (κ1) is 29.5. The minimum atomic E-state index is -0.604. The summed E-state index contributed by atoms with van der Waals surface area (Å²) in [5.74, 6) is -0.990. The van der Waals surface area contributed by atoms with Gasteiger partial charge in [-0.25, -0.2) is 19.2 Å². The number of hydrogen-bond acceptors (Lipinski definition) is 7. The van der Waals surface area contributed by atoms with Crippen LogP contribution in [0.15, 0.2) is 71.9 Å². The van der Waals surface area contributed by atoms with Crippen molar-refractivity contribution in [1.29, 1.82) is 0 Å². The zero-order valence-corrected chi connectivity index (χ0v) is 23.3. The first-order valence-electron chi connectivity index (χ1n) is 12.9. The van der Waals surface area contributed by atoms with E-state index in [2.05, 4.69) is 15.3 Å². The number of guanidine groups is 1. The maximum atomic E-state index is 13.9. The summed E-state index contributed by atoms with van der Waals surface area (Å²) in [6.45, 7) is 2.16. The van der Waals surface area contributed by atoms with Gasteiger partial charge in [0.15, 0.2) is 5.82 Å². The summed E-state index contributed by atoms with van der Waals surface area (Å²) < 4.78 is 24.4. The van der Waals surface area contributed by atoms with Gasteiger partial charge in [-0.05, 0) is 73.9 Å². The molecule has 0 radical (unpaired) electrons. The van der Waals surface area contributed by atoms with Gasteiger partial charge in [0.05, 0.1) is 24.8 Å². The number of carbonyl (C=O) groups excluding carboxylic acids is 3. The molecule has 1 heterocycles. The number of hydrogen-bond donors (Lipinski definition) is 1. The van der Waals surface area contributed by atoms with Gasteiger partial charge in [0, 0.05) is 24.3 Å². The topological polar surface area (TPSA) is 113 Å². The van der Waals surface area contributed by atoms with E-state index in [0.29, 0.717) is 42.3 Å². The maximum Gasteiger partial charge on any atom is 0.324 e. The largest absolute Gasteiger partial charge is 0.466 e. The lowest BCUT2D eigenvalue weighted by atomic mass is 9.79. The molecular formula is C29H29ClFN5O5. The van der Waals surface area contributed by atoms with Gasteiger partial charge in [-0.3, -0.25) is 19.8 Å². The van der Waals surface area contributed by atoms with Crippen LogP contribution in [0.2, 0.25) is 5.02 Å². The number of ether oxygens (including phenoxy) is 2. The minimum Gasteiger partial charge on any atom is -0.466 e. The van der Waals surface area contributed by atoms with Gasteiger partial charge in [-0.1, -0.05) is 23.7 Å². The highest BCUT2D eigenvalue weighted by molar-refractivity contribution is 6.30. The van der Waals surface area contributed by atoms with Gasteiger partial charge in [0.25, 0.3) is 5.88 Å². The van der Waals surface area contributed by atoms with Crippen molar-refractivity contribution in [1.82, 2.24) is 20.1 Å². The molecule has 0 unspecified atom stereocenters. The maximum absolute atomic E-state index is 13.9. The van der Waals surface area contributed by atoms with Crippen LogP contribution in [0.1, 0.15) is 25.3 Å². The van der Waals surface area contributed by atoms with Crippen LogP contribution >= 0.6 is 11.6 Å². The second-order valence-electron chi connectivity index (χ2n) is 9.30. The molecule has 1 fully saturated rings. The molecule has 2 aromatic carbocycles. The van der Waals surface area contributed by atoms with E-state index in [0.717, 1.165) is 5.56 Å². The second kappa shape index (κ2) is 13.7. The molecule has 0 spiro atoms. The number of benzene rings is 2. The van der Waals surface area contributed by atoms with Crippen LogP contribution in [-0.2, 0) is 20.9 Å². The van der Waals surface area contributed by atoms with Crippen LogP contribution in [0, 0.1) is 11.7 Å². The van der Waals surface area contributed by atoms with Gasteiger partial charge < -0.3 is 14.4 Å². The predicted molar refractivity (Wildman–Crippen MR) is 150 cm³/mol. The number of aliphatic imine (C=N–C) groups is 1. The Labute approximate surface area is 241 Å². The first-order valence-corrected chi connectivity index (χ1v) is 13.3. The smallest absolute Gasteiger partial charge is 0.324 e. The molecule has 0 saturated heterocycles. The average molecular weight is 582 g/mol. The normalized spacial score (nSPS) is 16.2. The fourth-order valence-corrected chi connectivity index (χ4v) is 4.21.